The van der Waals surface area contributed by atoms with Crippen LogP contribution in [0.5, 0.6) is 0 Å². The molecule has 4 rings (SSSR count). The standard InChI is InChI=1S/C16H16N4OS/c1-15(20-9-5-8-17-20)16(21,12-13-6-3-2-4-7-13)18-14-19(15)10-11-22-14/h2-11,21H,12H2,1H3/t15-,16-/m0/s1. The van der Waals surface area contributed by atoms with E-state index in [1.165, 1.54) is 11.8 Å². The van der Waals surface area contributed by atoms with Gasteiger partial charge in [0, 0.05) is 25.0 Å². The van der Waals surface area contributed by atoms with Gasteiger partial charge in [-0.1, -0.05) is 42.1 Å². The number of amidine groups is 1. The van der Waals surface area contributed by atoms with Crippen LogP contribution in [-0.4, -0.2) is 30.7 Å². The highest BCUT2D eigenvalue weighted by Crippen LogP contribution is 2.47. The summed E-state index contributed by atoms with van der Waals surface area (Å²) in [6.45, 7) is 1.97. The Labute approximate surface area is 133 Å². The van der Waals surface area contributed by atoms with Crippen LogP contribution in [0.2, 0.25) is 0 Å². The molecule has 0 amide bonds. The molecule has 2 aliphatic rings. The Morgan fingerprint density at radius 2 is 2.05 bits per heavy atom. The molecule has 2 atom stereocenters. The topological polar surface area (TPSA) is 53.7 Å². The van der Waals surface area contributed by atoms with Crippen molar-refractivity contribution in [2.24, 2.45) is 4.99 Å². The average molecular weight is 312 g/mol. The molecule has 0 aliphatic carbocycles. The number of rotatable bonds is 3. The Balaban J connectivity index is 1.81. The Morgan fingerprint density at radius 1 is 1.23 bits per heavy atom. The number of thioether (sulfide) groups is 1. The lowest BCUT2D eigenvalue weighted by atomic mass is 9.91. The average Bonchev–Trinajstić information content (AvgIpc) is 3.21. The molecule has 1 aromatic carbocycles. The summed E-state index contributed by atoms with van der Waals surface area (Å²) >= 11 is 1.52. The molecule has 0 fully saturated rings. The number of aromatic nitrogens is 2. The fourth-order valence-electron chi connectivity index (χ4n) is 3.05. The van der Waals surface area contributed by atoms with Crippen molar-refractivity contribution >= 4 is 16.9 Å². The van der Waals surface area contributed by atoms with Crippen LogP contribution in [0.3, 0.4) is 0 Å². The quantitative estimate of drug-likeness (QED) is 0.945. The molecule has 2 aliphatic heterocycles. The third kappa shape index (κ3) is 1.77. The molecule has 112 valence electrons. The molecule has 22 heavy (non-hydrogen) atoms. The number of hydrogen-bond donors (Lipinski definition) is 1. The first-order valence-electron chi connectivity index (χ1n) is 7.12. The highest BCUT2D eigenvalue weighted by Gasteiger charge is 2.59. The Hall–Kier alpha value is -2.05. The smallest absolute Gasteiger partial charge is 0.207 e. The van der Waals surface area contributed by atoms with Gasteiger partial charge in [-0.15, -0.1) is 0 Å². The zero-order chi connectivity index (χ0) is 15.2. The second-order valence-corrected chi connectivity index (χ2v) is 6.49. The van der Waals surface area contributed by atoms with E-state index in [2.05, 4.69) is 10.1 Å². The fraction of sp³-hybridized carbons (Fsp3) is 0.250. The molecule has 6 heteroatoms. The zero-order valence-electron chi connectivity index (χ0n) is 12.1. The van der Waals surface area contributed by atoms with E-state index in [4.69, 9.17) is 0 Å². The number of hydrogen-bond acceptors (Lipinski definition) is 5. The first-order chi connectivity index (χ1) is 10.6. The van der Waals surface area contributed by atoms with Gasteiger partial charge in [-0.05, 0) is 24.0 Å². The second-order valence-electron chi connectivity index (χ2n) is 5.62. The molecule has 5 nitrogen and oxygen atoms in total. The highest BCUT2D eigenvalue weighted by atomic mass is 32.2. The lowest BCUT2D eigenvalue weighted by Crippen LogP contribution is -2.58. The van der Waals surface area contributed by atoms with E-state index >= 15 is 0 Å². The SMILES string of the molecule is C[C@@]1(n2cccn2)N2C=CSC2=N[C@]1(O)Cc1ccccc1. The Morgan fingerprint density at radius 3 is 2.77 bits per heavy atom. The molecule has 1 N–H and O–H groups in total. The molecular weight excluding hydrogens is 296 g/mol. The van der Waals surface area contributed by atoms with Crippen molar-refractivity contribution in [3.8, 4) is 0 Å². The van der Waals surface area contributed by atoms with Crippen LogP contribution in [-0.2, 0) is 12.1 Å². The molecule has 3 heterocycles. The summed E-state index contributed by atoms with van der Waals surface area (Å²) in [5, 5.41) is 18.5. The van der Waals surface area contributed by atoms with Crippen LogP contribution in [0.15, 0.2) is 65.4 Å². The summed E-state index contributed by atoms with van der Waals surface area (Å²) in [4.78, 5) is 6.62. The first kappa shape index (κ1) is 13.6. The summed E-state index contributed by atoms with van der Waals surface area (Å²) in [6, 6.07) is 11.8. The van der Waals surface area contributed by atoms with E-state index < -0.39 is 11.4 Å². The van der Waals surface area contributed by atoms with Crippen molar-refractivity contribution in [3.05, 3.63) is 66.0 Å². The van der Waals surface area contributed by atoms with Crippen LogP contribution in [0, 0.1) is 0 Å². The lowest BCUT2D eigenvalue weighted by molar-refractivity contribution is -0.0965. The largest absolute Gasteiger partial charge is 0.365 e. The molecule has 0 saturated carbocycles. The van der Waals surface area contributed by atoms with Gasteiger partial charge >= 0.3 is 0 Å². The molecule has 0 saturated heterocycles. The Bertz CT molecular complexity index is 743. The van der Waals surface area contributed by atoms with Crippen LogP contribution in [0.25, 0.3) is 0 Å². The number of fused-ring (bicyclic) bond motifs is 1. The summed E-state index contributed by atoms with van der Waals surface area (Å²) in [5.74, 6) is 0. The summed E-state index contributed by atoms with van der Waals surface area (Å²) in [6.07, 6.45) is 5.97. The predicted molar refractivity (Wildman–Crippen MR) is 87.0 cm³/mol. The number of nitrogens with zero attached hydrogens (tertiary/aromatic N) is 4. The third-order valence-corrected chi connectivity index (χ3v) is 5.10. The molecule has 0 spiro atoms. The first-order valence-corrected chi connectivity index (χ1v) is 8.00. The van der Waals surface area contributed by atoms with Gasteiger partial charge in [0.25, 0.3) is 0 Å². The highest BCUT2D eigenvalue weighted by molar-refractivity contribution is 8.16. The molecule has 0 radical (unpaired) electrons. The van der Waals surface area contributed by atoms with Gasteiger partial charge in [0.2, 0.25) is 5.72 Å². The molecule has 0 bridgehead atoms. The molecule has 1 aromatic heterocycles. The minimum Gasteiger partial charge on any atom is -0.365 e. The van der Waals surface area contributed by atoms with E-state index in [1.807, 2.05) is 66.0 Å². The summed E-state index contributed by atoms with van der Waals surface area (Å²) < 4.78 is 1.78. The maximum Gasteiger partial charge on any atom is 0.207 e. The second kappa shape index (κ2) is 4.72. The number of benzene rings is 1. The molecule has 0 unspecified atom stereocenters. The van der Waals surface area contributed by atoms with Gasteiger partial charge < -0.3 is 5.11 Å². The van der Waals surface area contributed by atoms with E-state index in [0.717, 1.165) is 10.7 Å². The van der Waals surface area contributed by atoms with E-state index in [9.17, 15) is 5.11 Å². The van der Waals surface area contributed by atoms with Crippen LogP contribution in [0.4, 0.5) is 0 Å². The van der Waals surface area contributed by atoms with Gasteiger partial charge in [0.1, 0.15) is 0 Å². The minimum absolute atomic E-state index is 0.429. The Kier molecular flexibility index (Phi) is 2.92. The van der Waals surface area contributed by atoms with Crippen molar-refractivity contribution in [3.63, 3.8) is 0 Å². The molecular formula is C16H16N4OS. The van der Waals surface area contributed by atoms with Gasteiger partial charge in [-0.25, -0.2) is 9.67 Å². The van der Waals surface area contributed by atoms with Gasteiger partial charge in [-0.2, -0.15) is 5.10 Å². The lowest BCUT2D eigenvalue weighted by Gasteiger charge is -2.42. The van der Waals surface area contributed by atoms with Crippen molar-refractivity contribution < 1.29 is 5.11 Å². The van der Waals surface area contributed by atoms with Gasteiger partial charge in [-0.3, -0.25) is 4.90 Å². The maximum atomic E-state index is 11.4. The van der Waals surface area contributed by atoms with E-state index in [0.29, 0.717) is 6.42 Å². The summed E-state index contributed by atoms with van der Waals surface area (Å²) in [5.41, 5.74) is -1.03. The normalized spacial score (nSPS) is 29.7. The predicted octanol–water partition coefficient (Wildman–Crippen LogP) is 2.38. The fourth-order valence-corrected chi connectivity index (χ4v) is 3.91. The summed E-state index contributed by atoms with van der Waals surface area (Å²) in [7, 11) is 0. The number of aliphatic imine (C=N–C) groups is 1. The molecule has 2 aromatic rings. The van der Waals surface area contributed by atoms with Gasteiger partial charge in [0.05, 0.1) is 0 Å². The van der Waals surface area contributed by atoms with Crippen molar-refractivity contribution in [2.75, 3.05) is 0 Å². The van der Waals surface area contributed by atoms with E-state index in [1.54, 1.807) is 10.9 Å². The minimum atomic E-state index is -1.28. The number of aliphatic hydroxyl groups is 1. The van der Waals surface area contributed by atoms with Crippen molar-refractivity contribution in [1.29, 1.82) is 0 Å². The van der Waals surface area contributed by atoms with Crippen molar-refractivity contribution in [1.82, 2.24) is 14.7 Å². The van der Waals surface area contributed by atoms with Crippen molar-refractivity contribution in [2.45, 2.75) is 24.7 Å². The van der Waals surface area contributed by atoms with Gasteiger partial charge in [0.15, 0.2) is 10.8 Å². The van der Waals surface area contributed by atoms with Crippen LogP contribution >= 0.6 is 11.8 Å². The van der Waals surface area contributed by atoms with Crippen LogP contribution in [0.1, 0.15) is 12.5 Å². The monoisotopic (exact) mass is 312 g/mol. The maximum absolute atomic E-state index is 11.4. The van der Waals surface area contributed by atoms with E-state index in [-0.39, 0.29) is 0 Å². The zero-order valence-corrected chi connectivity index (χ0v) is 12.9. The van der Waals surface area contributed by atoms with Crippen LogP contribution < -0.4 is 0 Å². The third-order valence-electron chi connectivity index (χ3n) is 4.34.